The molecule has 3 N–H and O–H groups in total. The number of anilines is 1. The van der Waals surface area contributed by atoms with Gasteiger partial charge in [0.1, 0.15) is 5.69 Å². The largest absolute Gasteiger partial charge is 0.396 e. The predicted molar refractivity (Wildman–Crippen MR) is 72.7 cm³/mol. The van der Waals surface area contributed by atoms with Crippen molar-refractivity contribution in [3.05, 3.63) is 11.9 Å². The fourth-order valence-electron chi connectivity index (χ4n) is 3.18. The summed E-state index contributed by atoms with van der Waals surface area (Å²) in [5.74, 6) is -0.0268. The van der Waals surface area contributed by atoms with Crippen molar-refractivity contribution in [2.24, 2.45) is 0 Å². The van der Waals surface area contributed by atoms with Crippen LogP contribution < -0.4 is 5.73 Å². The van der Waals surface area contributed by atoms with Gasteiger partial charge in [0.25, 0.3) is 5.91 Å². The van der Waals surface area contributed by atoms with Crippen molar-refractivity contribution in [2.75, 3.05) is 31.9 Å². The van der Waals surface area contributed by atoms with Gasteiger partial charge in [-0.15, -0.1) is 0 Å². The lowest BCUT2D eigenvalue weighted by Gasteiger charge is -2.37. The third kappa shape index (κ3) is 2.45. The highest BCUT2D eigenvalue weighted by Gasteiger charge is 2.29. The van der Waals surface area contributed by atoms with Crippen LogP contribution in [-0.2, 0) is 0 Å². The first-order valence-corrected chi connectivity index (χ1v) is 7.08. The summed E-state index contributed by atoms with van der Waals surface area (Å²) in [7, 11) is 0. The van der Waals surface area contributed by atoms with Gasteiger partial charge in [-0.3, -0.25) is 14.8 Å². The van der Waals surface area contributed by atoms with Crippen LogP contribution in [0.25, 0.3) is 0 Å². The molecule has 3 rings (SSSR count). The van der Waals surface area contributed by atoms with Crippen LogP contribution in [0.5, 0.6) is 0 Å². The molecule has 2 aliphatic rings. The average molecular weight is 263 g/mol. The number of nitrogens with one attached hydrogen (secondary N) is 1. The molecule has 0 bridgehead atoms. The number of piperazine rings is 1. The predicted octanol–water partition coefficient (Wildman–Crippen LogP) is 0.692. The van der Waals surface area contributed by atoms with E-state index >= 15 is 0 Å². The van der Waals surface area contributed by atoms with Crippen LogP contribution in [0.3, 0.4) is 0 Å². The molecule has 2 heterocycles. The summed E-state index contributed by atoms with van der Waals surface area (Å²) >= 11 is 0. The standard InChI is InChI=1S/C13H21N5O/c14-11-9-15-16-12(11)13(19)18-7-5-17(6-8-18)10-3-1-2-4-10/h9-10H,1-8,14H2,(H,15,16). The highest BCUT2D eigenvalue weighted by Crippen LogP contribution is 2.24. The maximum absolute atomic E-state index is 12.3. The summed E-state index contributed by atoms with van der Waals surface area (Å²) < 4.78 is 0. The molecule has 2 fully saturated rings. The van der Waals surface area contributed by atoms with E-state index in [1.807, 2.05) is 4.90 Å². The van der Waals surface area contributed by atoms with Gasteiger partial charge >= 0.3 is 0 Å². The molecule has 1 aliphatic carbocycles. The molecule has 1 aromatic rings. The zero-order valence-corrected chi connectivity index (χ0v) is 11.1. The molecular formula is C13H21N5O. The molecule has 0 spiro atoms. The number of amides is 1. The summed E-state index contributed by atoms with van der Waals surface area (Å²) in [5, 5.41) is 6.50. The number of hydrogen-bond donors (Lipinski definition) is 2. The average Bonchev–Trinajstić information content (AvgIpc) is 3.09. The summed E-state index contributed by atoms with van der Waals surface area (Å²) in [4.78, 5) is 16.7. The van der Waals surface area contributed by atoms with E-state index in [0.717, 1.165) is 32.2 Å². The van der Waals surface area contributed by atoms with Gasteiger partial charge in [0, 0.05) is 32.2 Å². The van der Waals surface area contributed by atoms with E-state index in [1.165, 1.54) is 31.9 Å². The number of nitrogen functional groups attached to an aromatic ring is 1. The number of aromatic amines is 1. The monoisotopic (exact) mass is 263 g/mol. The van der Waals surface area contributed by atoms with Crippen molar-refractivity contribution in [1.29, 1.82) is 0 Å². The third-order valence-corrected chi connectivity index (χ3v) is 4.33. The maximum atomic E-state index is 12.3. The quantitative estimate of drug-likeness (QED) is 0.823. The number of H-pyrrole nitrogens is 1. The Morgan fingerprint density at radius 2 is 1.95 bits per heavy atom. The van der Waals surface area contributed by atoms with Gasteiger partial charge in [0.05, 0.1) is 11.9 Å². The van der Waals surface area contributed by atoms with Crippen LogP contribution in [-0.4, -0.2) is 58.1 Å². The van der Waals surface area contributed by atoms with Gasteiger partial charge < -0.3 is 10.6 Å². The van der Waals surface area contributed by atoms with E-state index in [4.69, 9.17) is 5.73 Å². The molecule has 1 amide bonds. The maximum Gasteiger partial charge on any atom is 0.274 e. The van der Waals surface area contributed by atoms with Crippen molar-refractivity contribution in [2.45, 2.75) is 31.7 Å². The van der Waals surface area contributed by atoms with Crippen LogP contribution in [0.1, 0.15) is 36.2 Å². The second-order valence-electron chi connectivity index (χ2n) is 5.47. The Balaban J connectivity index is 1.58. The Kier molecular flexibility index (Phi) is 3.42. The smallest absolute Gasteiger partial charge is 0.274 e. The van der Waals surface area contributed by atoms with Crippen molar-refractivity contribution in [3.63, 3.8) is 0 Å². The van der Waals surface area contributed by atoms with Gasteiger partial charge in [-0.05, 0) is 12.8 Å². The molecule has 1 aromatic heterocycles. The van der Waals surface area contributed by atoms with Crippen LogP contribution in [0.4, 0.5) is 5.69 Å². The Bertz CT molecular complexity index is 444. The number of rotatable bonds is 2. The molecule has 0 aromatic carbocycles. The summed E-state index contributed by atoms with van der Waals surface area (Å²) in [6, 6.07) is 0.745. The van der Waals surface area contributed by atoms with Crippen molar-refractivity contribution >= 4 is 11.6 Å². The molecule has 1 saturated heterocycles. The number of aromatic nitrogens is 2. The van der Waals surface area contributed by atoms with Crippen LogP contribution >= 0.6 is 0 Å². The topological polar surface area (TPSA) is 78.2 Å². The zero-order valence-electron chi connectivity index (χ0n) is 11.1. The fourth-order valence-corrected chi connectivity index (χ4v) is 3.18. The Morgan fingerprint density at radius 1 is 1.26 bits per heavy atom. The van der Waals surface area contributed by atoms with Crippen molar-refractivity contribution in [3.8, 4) is 0 Å². The van der Waals surface area contributed by atoms with Crippen LogP contribution in [0, 0.1) is 0 Å². The lowest BCUT2D eigenvalue weighted by molar-refractivity contribution is 0.0569. The molecule has 0 unspecified atom stereocenters. The van der Waals surface area contributed by atoms with Gasteiger partial charge in [-0.1, -0.05) is 12.8 Å². The SMILES string of the molecule is Nc1cn[nH]c1C(=O)N1CCN(C2CCCC2)CC1. The first kappa shape index (κ1) is 12.5. The summed E-state index contributed by atoms with van der Waals surface area (Å²) in [5.41, 5.74) is 6.58. The van der Waals surface area contributed by atoms with Crippen LogP contribution in [0.2, 0.25) is 0 Å². The van der Waals surface area contributed by atoms with E-state index in [0.29, 0.717) is 11.4 Å². The molecule has 0 atom stereocenters. The minimum atomic E-state index is -0.0268. The van der Waals surface area contributed by atoms with Gasteiger partial charge in [-0.25, -0.2) is 0 Å². The molecule has 19 heavy (non-hydrogen) atoms. The van der Waals surface area contributed by atoms with E-state index in [9.17, 15) is 4.79 Å². The summed E-state index contributed by atoms with van der Waals surface area (Å²) in [6.07, 6.45) is 6.84. The van der Waals surface area contributed by atoms with Gasteiger partial charge in [0.15, 0.2) is 0 Å². The van der Waals surface area contributed by atoms with Gasteiger partial charge in [0.2, 0.25) is 0 Å². The first-order chi connectivity index (χ1) is 9.25. The van der Waals surface area contributed by atoms with Gasteiger partial charge in [-0.2, -0.15) is 5.10 Å². The molecular weight excluding hydrogens is 242 g/mol. The summed E-state index contributed by atoms with van der Waals surface area (Å²) in [6.45, 7) is 3.52. The lowest BCUT2D eigenvalue weighted by atomic mass is 10.1. The van der Waals surface area contributed by atoms with E-state index in [1.54, 1.807) is 0 Å². The van der Waals surface area contributed by atoms with Crippen molar-refractivity contribution < 1.29 is 4.79 Å². The Labute approximate surface area is 112 Å². The molecule has 1 aliphatic heterocycles. The number of hydrogen-bond acceptors (Lipinski definition) is 4. The third-order valence-electron chi connectivity index (χ3n) is 4.33. The molecule has 0 radical (unpaired) electrons. The molecule has 1 saturated carbocycles. The van der Waals surface area contributed by atoms with E-state index in [2.05, 4.69) is 15.1 Å². The number of nitrogens with zero attached hydrogens (tertiary/aromatic N) is 3. The molecule has 6 heteroatoms. The highest BCUT2D eigenvalue weighted by molar-refractivity contribution is 5.97. The first-order valence-electron chi connectivity index (χ1n) is 7.08. The fraction of sp³-hybridized carbons (Fsp3) is 0.692. The number of nitrogens with two attached hydrogens (primary N) is 1. The number of carbonyl (C=O) groups excluding carboxylic acids is 1. The molecule has 6 nitrogen and oxygen atoms in total. The Morgan fingerprint density at radius 3 is 2.53 bits per heavy atom. The lowest BCUT2D eigenvalue weighted by Crippen LogP contribution is -2.51. The van der Waals surface area contributed by atoms with E-state index in [-0.39, 0.29) is 5.91 Å². The second-order valence-corrected chi connectivity index (χ2v) is 5.47. The van der Waals surface area contributed by atoms with E-state index < -0.39 is 0 Å². The normalized spacial score (nSPS) is 22.0. The van der Waals surface area contributed by atoms with Crippen molar-refractivity contribution in [1.82, 2.24) is 20.0 Å². The zero-order chi connectivity index (χ0) is 13.2. The second kappa shape index (κ2) is 5.21. The number of carbonyl (C=O) groups is 1. The Hall–Kier alpha value is -1.56. The molecule has 104 valence electrons. The highest BCUT2D eigenvalue weighted by atomic mass is 16.2. The minimum absolute atomic E-state index is 0.0268. The minimum Gasteiger partial charge on any atom is -0.396 e. The van der Waals surface area contributed by atoms with Crippen LogP contribution in [0.15, 0.2) is 6.20 Å².